The molecule has 2 N–H and O–H groups in total. The molecule has 1 aliphatic heterocycles. The summed E-state index contributed by atoms with van der Waals surface area (Å²) in [5.74, 6) is 0.630. The molecule has 1 aromatic carbocycles. The first-order valence-electron chi connectivity index (χ1n) is 10.5. The van der Waals surface area contributed by atoms with Gasteiger partial charge in [0.2, 0.25) is 15.9 Å². The van der Waals surface area contributed by atoms with Gasteiger partial charge in [-0.05, 0) is 49.9 Å². The minimum Gasteiger partial charge on any atom is -0.360 e. The van der Waals surface area contributed by atoms with Crippen LogP contribution >= 0.6 is 0 Å². The zero-order valence-corrected chi connectivity index (χ0v) is 18.2. The zero-order chi connectivity index (χ0) is 22.0. The fourth-order valence-corrected chi connectivity index (χ4v) is 5.31. The van der Waals surface area contributed by atoms with Gasteiger partial charge in [0.1, 0.15) is 5.76 Å². The highest BCUT2D eigenvalue weighted by molar-refractivity contribution is 7.89. The average Bonchev–Trinajstić information content (AvgIpc) is 3.16. The lowest BCUT2D eigenvalue weighted by molar-refractivity contribution is -0.114. The summed E-state index contributed by atoms with van der Waals surface area (Å²) < 4.78 is 32.5. The third-order valence-electron chi connectivity index (χ3n) is 5.87. The number of carbonyl (C=O) groups excluding carboxylic acids is 2. The number of carbonyl (C=O) groups is 2. The standard InChI is InChI=1S/C21H26N4O5S/c1-14(26)22-16-5-7-18(8-6-16)31(28,29)25-11-9-17(10-12-25)23-21(27)19-13-20(30-24-19)15-3-2-4-15/h5-8,13,15,17H,2-4,9-12H2,1H3,(H,22,26)(H,23,27). The number of amides is 2. The monoisotopic (exact) mass is 446 g/mol. The number of aromatic nitrogens is 1. The van der Waals surface area contributed by atoms with Crippen molar-refractivity contribution < 1.29 is 22.5 Å². The van der Waals surface area contributed by atoms with Gasteiger partial charge >= 0.3 is 0 Å². The van der Waals surface area contributed by atoms with E-state index in [2.05, 4.69) is 15.8 Å². The minimum absolute atomic E-state index is 0.120. The first-order chi connectivity index (χ1) is 14.8. The largest absolute Gasteiger partial charge is 0.360 e. The van der Waals surface area contributed by atoms with Gasteiger partial charge in [-0.2, -0.15) is 4.31 Å². The Balaban J connectivity index is 1.31. The number of rotatable bonds is 6. The molecule has 1 aliphatic carbocycles. The highest BCUT2D eigenvalue weighted by Gasteiger charge is 2.31. The minimum atomic E-state index is -3.63. The van der Waals surface area contributed by atoms with Crippen molar-refractivity contribution in [2.45, 2.75) is 55.9 Å². The number of benzene rings is 1. The van der Waals surface area contributed by atoms with Crippen molar-refractivity contribution in [1.82, 2.24) is 14.8 Å². The molecular weight excluding hydrogens is 420 g/mol. The van der Waals surface area contributed by atoms with Crippen LogP contribution in [0.25, 0.3) is 0 Å². The van der Waals surface area contributed by atoms with Crippen molar-refractivity contribution in [3.8, 4) is 0 Å². The van der Waals surface area contributed by atoms with Gasteiger partial charge in [0, 0.05) is 43.7 Å². The van der Waals surface area contributed by atoms with E-state index < -0.39 is 10.0 Å². The van der Waals surface area contributed by atoms with Gasteiger partial charge in [0.15, 0.2) is 5.69 Å². The first kappa shape index (κ1) is 21.5. The fourth-order valence-electron chi connectivity index (χ4n) is 3.84. The van der Waals surface area contributed by atoms with Gasteiger partial charge in [-0.25, -0.2) is 8.42 Å². The predicted octanol–water partition coefficient (Wildman–Crippen LogP) is 2.48. The first-order valence-corrected chi connectivity index (χ1v) is 11.9. The maximum absolute atomic E-state index is 12.9. The van der Waals surface area contributed by atoms with Crippen LogP contribution < -0.4 is 10.6 Å². The summed E-state index contributed by atoms with van der Waals surface area (Å²) in [5, 5.41) is 9.44. The maximum Gasteiger partial charge on any atom is 0.273 e. The Kier molecular flexibility index (Phi) is 6.10. The molecule has 0 radical (unpaired) electrons. The molecule has 2 aliphatic rings. The summed E-state index contributed by atoms with van der Waals surface area (Å²) in [5.41, 5.74) is 0.817. The van der Waals surface area contributed by atoms with Gasteiger partial charge in [-0.1, -0.05) is 11.6 Å². The molecule has 10 heteroatoms. The lowest BCUT2D eigenvalue weighted by Crippen LogP contribution is -2.46. The number of piperidine rings is 1. The molecule has 1 saturated heterocycles. The molecule has 166 valence electrons. The summed E-state index contributed by atoms with van der Waals surface area (Å²) in [7, 11) is -3.63. The maximum atomic E-state index is 12.9. The molecular formula is C21H26N4O5S. The molecule has 4 rings (SSSR count). The highest BCUT2D eigenvalue weighted by Crippen LogP contribution is 2.36. The van der Waals surface area contributed by atoms with Gasteiger partial charge in [0.25, 0.3) is 5.91 Å². The predicted molar refractivity (Wildman–Crippen MR) is 113 cm³/mol. The number of hydrogen-bond donors (Lipinski definition) is 2. The highest BCUT2D eigenvalue weighted by atomic mass is 32.2. The van der Waals surface area contributed by atoms with Crippen LogP contribution in [0.3, 0.4) is 0 Å². The molecule has 1 aromatic heterocycles. The van der Waals surface area contributed by atoms with Crippen LogP contribution in [0.15, 0.2) is 39.8 Å². The Morgan fingerprint density at radius 3 is 2.35 bits per heavy atom. The molecule has 2 aromatic rings. The number of sulfonamides is 1. The van der Waals surface area contributed by atoms with Crippen LogP contribution in [0.1, 0.15) is 61.2 Å². The van der Waals surface area contributed by atoms with Gasteiger partial charge in [0.05, 0.1) is 4.90 Å². The third-order valence-corrected chi connectivity index (χ3v) is 7.78. The van der Waals surface area contributed by atoms with Crippen LogP contribution in [0.4, 0.5) is 5.69 Å². The van der Waals surface area contributed by atoms with Crippen LogP contribution in [-0.4, -0.2) is 48.8 Å². The van der Waals surface area contributed by atoms with Crippen molar-refractivity contribution >= 4 is 27.5 Å². The molecule has 31 heavy (non-hydrogen) atoms. The Bertz CT molecular complexity index is 1050. The van der Waals surface area contributed by atoms with Gasteiger partial charge in [-0.15, -0.1) is 0 Å². The number of nitrogens with one attached hydrogen (secondary N) is 2. The van der Waals surface area contributed by atoms with Crippen molar-refractivity contribution in [1.29, 1.82) is 0 Å². The second-order valence-corrected chi connectivity index (χ2v) is 10.0. The van der Waals surface area contributed by atoms with Crippen LogP contribution in [0.2, 0.25) is 0 Å². The lowest BCUT2D eigenvalue weighted by Gasteiger charge is -2.31. The molecule has 0 atom stereocenters. The van der Waals surface area contributed by atoms with E-state index in [0.717, 1.165) is 18.6 Å². The second-order valence-electron chi connectivity index (χ2n) is 8.10. The fraction of sp³-hybridized carbons (Fsp3) is 0.476. The molecule has 1 saturated carbocycles. The van der Waals surface area contributed by atoms with Crippen LogP contribution in [-0.2, 0) is 14.8 Å². The van der Waals surface area contributed by atoms with E-state index in [0.29, 0.717) is 37.5 Å². The summed E-state index contributed by atoms with van der Waals surface area (Å²) in [4.78, 5) is 23.8. The van der Waals surface area contributed by atoms with E-state index in [1.165, 1.54) is 29.8 Å². The molecule has 2 fully saturated rings. The summed E-state index contributed by atoms with van der Waals surface area (Å²) in [6.45, 7) is 2.02. The SMILES string of the molecule is CC(=O)Nc1ccc(S(=O)(=O)N2CCC(NC(=O)c3cc(C4CCC4)on3)CC2)cc1. The van der Waals surface area contributed by atoms with E-state index in [1.807, 2.05) is 0 Å². The van der Waals surface area contributed by atoms with E-state index in [9.17, 15) is 18.0 Å². The van der Waals surface area contributed by atoms with E-state index in [4.69, 9.17) is 4.52 Å². The van der Waals surface area contributed by atoms with Gasteiger partial charge in [-0.3, -0.25) is 9.59 Å². The Labute approximate surface area is 181 Å². The van der Waals surface area contributed by atoms with E-state index in [-0.39, 0.29) is 28.4 Å². The molecule has 2 amide bonds. The Morgan fingerprint density at radius 2 is 1.77 bits per heavy atom. The summed E-state index contributed by atoms with van der Waals surface area (Å²) in [6, 6.07) is 7.69. The molecule has 0 bridgehead atoms. The number of anilines is 1. The van der Waals surface area contributed by atoms with Crippen LogP contribution in [0.5, 0.6) is 0 Å². The third kappa shape index (κ3) is 4.80. The number of nitrogens with zero attached hydrogens (tertiary/aromatic N) is 2. The molecule has 9 nitrogen and oxygen atoms in total. The molecule has 0 unspecified atom stereocenters. The van der Waals surface area contributed by atoms with E-state index >= 15 is 0 Å². The average molecular weight is 447 g/mol. The van der Waals surface area contributed by atoms with Crippen molar-refractivity contribution in [2.24, 2.45) is 0 Å². The molecule has 2 heterocycles. The second kappa shape index (κ2) is 8.80. The van der Waals surface area contributed by atoms with Crippen molar-refractivity contribution in [2.75, 3.05) is 18.4 Å². The van der Waals surface area contributed by atoms with Crippen molar-refractivity contribution in [3.05, 3.63) is 41.8 Å². The molecule has 0 spiro atoms. The summed E-state index contributed by atoms with van der Waals surface area (Å²) >= 11 is 0. The smallest absolute Gasteiger partial charge is 0.273 e. The Morgan fingerprint density at radius 1 is 1.10 bits per heavy atom. The normalized spacial score (nSPS) is 18.4. The Hall–Kier alpha value is -2.72. The topological polar surface area (TPSA) is 122 Å². The van der Waals surface area contributed by atoms with Crippen molar-refractivity contribution in [3.63, 3.8) is 0 Å². The lowest BCUT2D eigenvalue weighted by atomic mass is 9.83. The summed E-state index contributed by atoms with van der Waals surface area (Å²) in [6.07, 6.45) is 4.34. The number of hydrogen-bond acceptors (Lipinski definition) is 6. The van der Waals surface area contributed by atoms with Gasteiger partial charge < -0.3 is 15.2 Å². The van der Waals surface area contributed by atoms with Crippen LogP contribution in [0, 0.1) is 0 Å². The quantitative estimate of drug-likeness (QED) is 0.703. The van der Waals surface area contributed by atoms with E-state index in [1.54, 1.807) is 18.2 Å². The zero-order valence-electron chi connectivity index (χ0n) is 17.3.